The van der Waals surface area contributed by atoms with Crippen LogP contribution in [0.3, 0.4) is 0 Å². The topological polar surface area (TPSA) is 76.7 Å². The van der Waals surface area contributed by atoms with Crippen LogP contribution < -0.4 is 11.1 Å². The molecule has 0 saturated carbocycles. The Labute approximate surface area is 119 Å². The summed E-state index contributed by atoms with van der Waals surface area (Å²) >= 11 is 0. The molecule has 0 radical (unpaired) electrons. The van der Waals surface area contributed by atoms with Gasteiger partial charge >= 0.3 is 0 Å². The molecule has 2 heterocycles. The molecule has 3 N–H and O–H groups in total. The standard InChI is InChI=1S/C15H21N5/c1-3-6-14-19-13(16)9-15(20-14)18-10-12-11(4-2)7-5-8-17-12/h5,7-9H,3-4,6,10H2,1-2H3,(H3,16,18,19,20). The Balaban J connectivity index is 2.10. The van der Waals surface area contributed by atoms with Gasteiger partial charge in [0.25, 0.3) is 0 Å². The Morgan fingerprint density at radius 2 is 2.10 bits per heavy atom. The zero-order chi connectivity index (χ0) is 14.4. The van der Waals surface area contributed by atoms with Gasteiger partial charge in [-0.1, -0.05) is 19.9 Å². The van der Waals surface area contributed by atoms with Crippen LogP contribution in [0.15, 0.2) is 24.4 Å². The molecule has 5 heteroatoms. The molecule has 2 rings (SSSR count). The number of nitrogens with two attached hydrogens (primary N) is 1. The van der Waals surface area contributed by atoms with Crippen LogP contribution in [-0.2, 0) is 19.4 Å². The van der Waals surface area contributed by atoms with E-state index in [1.807, 2.05) is 12.3 Å². The minimum Gasteiger partial charge on any atom is -0.384 e. The van der Waals surface area contributed by atoms with E-state index in [1.165, 1.54) is 5.56 Å². The molecule has 20 heavy (non-hydrogen) atoms. The number of aromatic nitrogens is 3. The van der Waals surface area contributed by atoms with E-state index in [9.17, 15) is 0 Å². The van der Waals surface area contributed by atoms with Gasteiger partial charge in [0.15, 0.2) is 0 Å². The zero-order valence-electron chi connectivity index (χ0n) is 12.1. The van der Waals surface area contributed by atoms with Crippen molar-refractivity contribution in [3.63, 3.8) is 0 Å². The number of pyridine rings is 1. The predicted molar refractivity (Wildman–Crippen MR) is 81.4 cm³/mol. The summed E-state index contributed by atoms with van der Waals surface area (Å²) in [6.07, 6.45) is 4.62. The van der Waals surface area contributed by atoms with E-state index in [0.29, 0.717) is 12.4 Å². The summed E-state index contributed by atoms with van der Waals surface area (Å²) in [5, 5.41) is 3.28. The van der Waals surface area contributed by atoms with Gasteiger partial charge in [-0.25, -0.2) is 9.97 Å². The van der Waals surface area contributed by atoms with Gasteiger partial charge in [0.1, 0.15) is 17.5 Å². The Morgan fingerprint density at radius 1 is 1.25 bits per heavy atom. The van der Waals surface area contributed by atoms with Crippen molar-refractivity contribution in [1.29, 1.82) is 0 Å². The molecule has 0 aliphatic carbocycles. The highest BCUT2D eigenvalue weighted by Crippen LogP contribution is 2.12. The molecule has 2 aromatic heterocycles. The molecule has 0 fully saturated rings. The van der Waals surface area contributed by atoms with E-state index in [1.54, 1.807) is 6.07 Å². The van der Waals surface area contributed by atoms with Gasteiger partial charge in [-0.3, -0.25) is 4.98 Å². The second-order valence-electron chi connectivity index (χ2n) is 4.66. The van der Waals surface area contributed by atoms with E-state index in [-0.39, 0.29) is 0 Å². The molecule has 0 aliphatic rings. The molecule has 0 spiro atoms. The lowest BCUT2D eigenvalue weighted by Crippen LogP contribution is -2.09. The van der Waals surface area contributed by atoms with Gasteiger partial charge in [0.05, 0.1) is 12.2 Å². The van der Waals surface area contributed by atoms with Crippen molar-refractivity contribution in [1.82, 2.24) is 15.0 Å². The van der Waals surface area contributed by atoms with Crippen molar-refractivity contribution < 1.29 is 0 Å². The van der Waals surface area contributed by atoms with Gasteiger partial charge in [-0.05, 0) is 24.5 Å². The molecule has 0 aromatic carbocycles. The van der Waals surface area contributed by atoms with Crippen LogP contribution in [0.2, 0.25) is 0 Å². The maximum atomic E-state index is 5.81. The molecule has 2 aromatic rings. The van der Waals surface area contributed by atoms with Gasteiger partial charge in [-0.2, -0.15) is 0 Å². The Morgan fingerprint density at radius 3 is 2.85 bits per heavy atom. The molecular formula is C15H21N5. The number of hydrogen-bond donors (Lipinski definition) is 2. The maximum Gasteiger partial charge on any atom is 0.133 e. The van der Waals surface area contributed by atoms with Crippen molar-refractivity contribution in [2.45, 2.75) is 39.7 Å². The van der Waals surface area contributed by atoms with Crippen LogP contribution in [0, 0.1) is 0 Å². The first kappa shape index (κ1) is 14.2. The Kier molecular flexibility index (Phi) is 4.87. The number of hydrogen-bond acceptors (Lipinski definition) is 5. The molecule has 0 atom stereocenters. The number of aryl methyl sites for hydroxylation is 2. The number of rotatable bonds is 6. The first-order valence-electron chi connectivity index (χ1n) is 7.03. The summed E-state index contributed by atoms with van der Waals surface area (Å²) in [7, 11) is 0. The van der Waals surface area contributed by atoms with Crippen molar-refractivity contribution in [3.05, 3.63) is 41.5 Å². The van der Waals surface area contributed by atoms with Crippen LogP contribution in [0.4, 0.5) is 11.6 Å². The fraction of sp³-hybridized carbons (Fsp3) is 0.400. The molecular weight excluding hydrogens is 250 g/mol. The summed E-state index contributed by atoms with van der Waals surface area (Å²) in [4.78, 5) is 13.1. The fourth-order valence-corrected chi connectivity index (χ4v) is 2.07. The third-order valence-corrected chi connectivity index (χ3v) is 3.07. The van der Waals surface area contributed by atoms with Crippen molar-refractivity contribution >= 4 is 11.6 Å². The smallest absolute Gasteiger partial charge is 0.133 e. The van der Waals surface area contributed by atoms with E-state index in [2.05, 4.69) is 40.2 Å². The summed E-state index contributed by atoms with van der Waals surface area (Å²) in [6.45, 7) is 4.87. The highest BCUT2D eigenvalue weighted by Gasteiger charge is 2.04. The summed E-state index contributed by atoms with van der Waals surface area (Å²) in [5.41, 5.74) is 8.10. The number of anilines is 2. The van der Waals surface area contributed by atoms with Gasteiger partial charge in [0, 0.05) is 18.7 Å². The van der Waals surface area contributed by atoms with Gasteiger partial charge in [-0.15, -0.1) is 0 Å². The zero-order valence-corrected chi connectivity index (χ0v) is 12.1. The monoisotopic (exact) mass is 271 g/mol. The van der Waals surface area contributed by atoms with E-state index >= 15 is 0 Å². The summed E-state index contributed by atoms with van der Waals surface area (Å²) in [5.74, 6) is 2.04. The normalized spacial score (nSPS) is 10.5. The lowest BCUT2D eigenvalue weighted by Gasteiger charge is -2.10. The third-order valence-electron chi connectivity index (χ3n) is 3.07. The SMILES string of the molecule is CCCc1nc(N)cc(NCc2ncccc2CC)n1. The Bertz CT molecular complexity index is 568. The second-order valence-corrected chi connectivity index (χ2v) is 4.66. The second kappa shape index (κ2) is 6.84. The molecule has 106 valence electrons. The molecule has 0 aliphatic heterocycles. The first-order valence-corrected chi connectivity index (χ1v) is 7.03. The average Bonchev–Trinajstić information content (AvgIpc) is 2.45. The van der Waals surface area contributed by atoms with Gasteiger partial charge < -0.3 is 11.1 Å². The predicted octanol–water partition coefficient (Wildman–Crippen LogP) is 2.58. The minimum atomic E-state index is 0.502. The van der Waals surface area contributed by atoms with Crippen molar-refractivity contribution in [3.8, 4) is 0 Å². The number of nitrogens with one attached hydrogen (secondary N) is 1. The summed E-state index contributed by atoms with van der Waals surface area (Å²) in [6, 6.07) is 5.82. The van der Waals surface area contributed by atoms with Gasteiger partial charge in [0.2, 0.25) is 0 Å². The van der Waals surface area contributed by atoms with Crippen molar-refractivity contribution in [2.75, 3.05) is 11.1 Å². The molecule has 0 bridgehead atoms. The lowest BCUT2D eigenvalue weighted by atomic mass is 10.1. The number of nitrogens with zero attached hydrogens (tertiary/aromatic N) is 3. The molecule has 0 saturated heterocycles. The highest BCUT2D eigenvalue weighted by atomic mass is 15.1. The average molecular weight is 271 g/mol. The van der Waals surface area contributed by atoms with Crippen molar-refractivity contribution in [2.24, 2.45) is 0 Å². The molecule has 5 nitrogen and oxygen atoms in total. The molecule has 0 amide bonds. The van der Waals surface area contributed by atoms with Crippen LogP contribution >= 0.6 is 0 Å². The highest BCUT2D eigenvalue weighted by molar-refractivity contribution is 5.45. The summed E-state index contributed by atoms with van der Waals surface area (Å²) < 4.78 is 0. The fourth-order valence-electron chi connectivity index (χ4n) is 2.07. The van der Waals surface area contributed by atoms with Crippen LogP contribution in [0.5, 0.6) is 0 Å². The third kappa shape index (κ3) is 3.66. The van der Waals surface area contributed by atoms with E-state index < -0.39 is 0 Å². The first-order chi connectivity index (χ1) is 9.72. The van der Waals surface area contributed by atoms with Crippen LogP contribution in [0.1, 0.15) is 37.4 Å². The van der Waals surface area contributed by atoms with Crippen LogP contribution in [0.25, 0.3) is 0 Å². The number of nitrogen functional groups attached to an aromatic ring is 1. The lowest BCUT2D eigenvalue weighted by molar-refractivity contribution is 0.835. The molecule has 0 unspecified atom stereocenters. The minimum absolute atomic E-state index is 0.502. The largest absolute Gasteiger partial charge is 0.384 e. The maximum absolute atomic E-state index is 5.81. The van der Waals surface area contributed by atoms with E-state index in [0.717, 1.165) is 36.6 Å². The van der Waals surface area contributed by atoms with Crippen LogP contribution in [-0.4, -0.2) is 15.0 Å². The quantitative estimate of drug-likeness (QED) is 0.844. The van der Waals surface area contributed by atoms with E-state index in [4.69, 9.17) is 5.73 Å². The Hall–Kier alpha value is -2.17.